The summed E-state index contributed by atoms with van der Waals surface area (Å²) in [5.74, 6) is 0. The smallest absolute Gasteiger partial charge is 0.0897 e. The third-order valence-corrected chi connectivity index (χ3v) is 4.81. The molecule has 3 rings (SSSR count). The molecule has 5 heteroatoms. The molecule has 2 aromatic rings. The number of aryl methyl sites for hydroxylation is 3. The molecule has 1 aliphatic rings. The van der Waals surface area contributed by atoms with Crippen molar-refractivity contribution in [1.29, 1.82) is 0 Å². The Balaban J connectivity index is 1.55. The van der Waals surface area contributed by atoms with Crippen LogP contribution < -0.4 is 0 Å². The summed E-state index contributed by atoms with van der Waals surface area (Å²) in [6, 6.07) is 2.71. The molecule has 2 aromatic heterocycles. The maximum atomic E-state index is 4.63. The summed E-state index contributed by atoms with van der Waals surface area (Å²) in [5.41, 5.74) is 3.64. The van der Waals surface area contributed by atoms with Gasteiger partial charge in [-0.2, -0.15) is 5.10 Å². The van der Waals surface area contributed by atoms with Crippen LogP contribution in [0.4, 0.5) is 0 Å². The van der Waals surface area contributed by atoms with Crippen LogP contribution >= 0.6 is 11.3 Å². The molecular weight excluding hydrogens is 268 g/mol. The monoisotopic (exact) mass is 290 g/mol. The number of nitrogens with zero attached hydrogens (tertiary/aromatic N) is 4. The molecule has 0 spiro atoms. The summed E-state index contributed by atoms with van der Waals surface area (Å²) in [7, 11) is 0. The molecule has 0 N–H and O–H groups in total. The van der Waals surface area contributed by atoms with Gasteiger partial charge in [0.1, 0.15) is 0 Å². The average Bonchev–Trinajstić information content (AvgIpc) is 3.08. The van der Waals surface area contributed by atoms with E-state index in [4.69, 9.17) is 0 Å². The van der Waals surface area contributed by atoms with E-state index < -0.39 is 0 Å². The quantitative estimate of drug-likeness (QED) is 0.868. The Morgan fingerprint density at radius 2 is 2.20 bits per heavy atom. The fourth-order valence-electron chi connectivity index (χ4n) is 3.03. The molecule has 0 radical (unpaired) electrons. The maximum Gasteiger partial charge on any atom is 0.0897 e. The second-order valence-corrected chi connectivity index (χ2v) is 6.78. The van der Waals surface area contributed by atoms with E-state index in [9.17, 15) is 0 Å². The first kappa shape index (κ1) is 13.8. The Hall–Kier alpha value is -1.20. The van der Waals surface area contributed by atoms with E-state index in [2.05, 4.69) is 51.9 Å². The molecule has 0 unspecified atom stereocenters. The molecule has 20 heavy (non-hydrogen) atoms. The zero-order valence-electron chi connectivity index (χ0n) is 12.5. The molecule has 1 atom stereocenters. The van der Waals surface area contributed by atoms with Crippen LogP contribution in [0.5, 0.6) is 0 Å². The number of likely N-dealkylation sites (tertiary alicyclic amines) is 1. The van der Waals surface area contributed by atoms with Crippen LogP contribution in [-0.4, -0.2) is 39.3 Å². The van der Waals surface area contributed by atoms with E-state index in [0.717, 1.165) is 25.2 Å². The molecule has 0 saturated carbocycles. The first-order valence-corrected chi connectivity index (χ1v) is 8.16. The Morgan fingerprint density at radius 3 is 2.85 bits per heavy atom. The Bertz CT molecular complexity index is 586. The van der Waals surface area contributed by atoms with Crippen LogP contribution in [0.1, 0.15) is 34.6 Å². The van der Waals surface area contributed by atoms with Gasteiger partial charge in [0.2, 0.25) is 0 Å². The van der Waals surface area contributed by atoms with Gasteiger partial charge in [0, 0.05) is 37.1 Å². The highest BCUT2D eigenvalue weighted by atomic mass is 32.1. The predicted octanol–water partition coefficient (Wildman–Crippen LogP) is 2.75. The van der Waals surface area contributed by atoms with E-state index in [-0.39, 0.29) is 0 Å². The van der Waals surface area contributed by atoms with Gasteiger partial charge >= 0.3 is 0 Å². The average molecular weight is 290 g/mol. The van der Waals surface area contributed by atoms with Gasteiger partial charge in [0.05, 0.1) is 22.4 Å². The van der Waals surface area contributed by atoms with E-state index in [1.165, 1.54) is 29.4 Å². The van der Waals surface area contributed by atoms with Gasteiger partial charge in [0.15, 0.2) is 0 Å². The SMILES string of the molecule is Cc1cc(C)n([C@H]2CCN(CCc3csc(C)n3)C2)n1. The minimum atomic E-state index is 0.542. The van der Waals surface area contributed by atoms with Crippen molar-refractivity contribution in [3.8, 4) is 0 Å². The minimum absolute atomic E-state index is 0.542. The number of hydrogen-bond acceptors (Lipinski definition) is 4. The lowest BCUT2D eigenvalue weighted by atomic mass is 10.2. The third kappa shape index (κ3) is 2.94. The Morgan fingerprint density at radius 1 is 1.35 bits per heavy atom. The molecule has 0 bridgehead atoms. The largest absolute Gasteiger partial charge is 0.301 e. The topological polar surface area (TPSA) is 34.0 Å². The summed E-state index contributed by atoms with van der Waals surface area (Å²) < 4.78 is 2.21. The Kier molecular flexibility index (Phi) is 3.89. The predicted molar refractivity (Wildman–Crippen MR) is 82.4 cm³/mol. The van der Waals surface area contributed by atoms with Crippen molar-refractivity contribution in [2.24, 2.45) is 0 Å². The molecule has 0 aliphatic carbocycles. The zero-order chi connectivity index (χ0) is 14.1. The minimum Gasteiger partial charge on any atom is -0.301 e. The van der Waals surface area contributed by atoms with Gasteiger partial charge in [-0.05, 0) is 33.3 Å². The first-order valence-electron chi connectivity index (χ1n) is 7.28. The van der Waals surface area contributed by atoms with E-state index in [0.29, 0.717) is 6.04 Å². The molecule has 0 aromatic carbocycles. The summed E-state index contributed by atoms with van der Waals surface area (Å²) in [4.78, 5) is 7.08. The normalized spacial score (nSPS) is 19.9. The highest BCUT2D eigenvalue weighted by Gasteiger charge is 2.25. The highest BCUT2D eigenvalue weighted by molar-refractivity contribution is 7.09. The standard InChI is InChI=1S/C15H22N4S/c1-11-8-12(2)19(17-11)15-5-7-18(9-15)6-4-14-10-20-13(3)16-14/h8,10,15H,4-7,9H2,1-3H3/t15-/m0/s1. The van der Waals surface area contributed by atoms with Crippen molar-refractivity contribution < 1.29 is 0 Å². The van der Waals surface area contributed by atoms with Gasteiger partial charge in [-0.1, -0.05) is 0 Å². The summed E-state index contributed by atoms with van der Waals surface area (Å²) >= 11 is 1.75. The van der Waals surface area contributed by atoms with Crippen molar-refractivity contribution in [2.45, 2.75) is 39.7 Å². The van der Waals surface area contributed by atoms with E-state index >= 15 is 0 Å². The molecule has 0 amide bonds. The number of rotatable bonds is 4. The fourth-order valence-corrected chi connectivity index (χ4v) is 3.67. The molecule has 1 aliphatic heterocycles. The van der Waals surface area contributed by atoms with Gasteiger partial charge < -0.3 is 4.90 Å². The van der Waals surface area contributed by atoms with Crippen molar-refractivity contribution >= 4 is 11.3 Å². The first-order chi connectivity index (χ1) is 9.61. The maximum absolute atomic E-state index is 4.63. The van der Waals surface area contributed by atoms with Crippen molar-refractivity contribution in [1.82, 2.24) is 19.7 Å². The molecular formula is C15H22N4S. The lowest BCUT2D eigenvalue weighted by Gasteiger charge is -2.16. The van der Waals surface area contributed by atoms with Gasteiger partial charge in [-0.15, -0.1) is 11.3 Å². The van der Waals surface area contributed by atoms with Gasteiger partial charge in [0.25, 0.3) is 0 Å². The van der Waals surface area contributed by atoms with Crippen LogP contribution in [0.2, 0.25) is 0 Å². The molecule has 1 saturated heterocycles. The lowest BCUT2D eigenvalue weighted by Crippen LogP contribution is -2.24. The second-order valence-electron chi connectivity index (χ2n) is 5.72. The zero-order valence-corrected chi connectivity index (χ0v) is 13.3. The summed E-state index contributed by atoms with van der Waals surface area (Å²) in [6.45, 7) is 9.70. The fraction of sp³-hybridized carbons (Fsp3) is 0.600. The van der Waals surface area contributed by atoms with Crippen LogP contribution in [0.3, 0.4) is 0 Å². The highest BCUT2D eigenvalue weighted by Crippen LogP contribution is 2.23. The number of aromatic nitrogens is 3. The van der Waals surface area contributed by atoms with Crippen molar-refractivity contribution in [3.05, 3.63) is 33.5 Å². The molecule has 108 valence electrons. The third-order valence-electron chi connectivity index (χ3n) is 3.99. The van der Waals surface area contributed by atoms with Crippen LogP contribution in [-0.2, 0) is 6.42 Å². The molecule has 4 nitrogen and oxygen atoms in total. The molecule has 1 fully saturated rings. The van der Waals surface area contributed by atoms with E-state index in [1.807, 2.05) is 0 Å². The lowest BCUT2D eigenvalue weighted by molar-refractivity contribution is 0.320. The Labute approximate surface area is 124 Å². The van der Waals surface area contributed by atoms with Crippen molar-refractivity contribution in [3.63, 3.8) is 0 Å². The number of hydrogen-bond donors (Lipinski definition) is 0. The van der Waals surface area contributed by atoms with Gasteiger partial charge in [-0.3, -0.25) is 4.68 Å². The van der Waals surface area contributed by atoms with Crippen LogP contribution in [0, 0.1) is 20.8 Å². The molecule has 3 heterocycles. The van der Waals surface area contributed by atoms with Crippen LogP contribution in [0.15, 0.2) is 11.4 Å². The second kappa shape index (κ2) is 5.66. The van der Waals surface area contributed by atoms with Gasteiger partial charge in [-0.25, -0.2) is 4.98 Å². The van der Waals surface area contributed by atoms with E-state index in [1.54, 1.807) is 11.3 Å². The van der Waals surface area contributed by atoms with Crippen molar-refractivity contribution in [2.75, 3.05) is 19.6 Å². The summed E-state index contributed by atoms with van der Waals surface area (Å²) in [6.07, 6.45) is 2.27. The van der Waals surface area contributed by atoms with Crippen LogP contribution in [0.25, 0.3) is 0 Å². The number of thiazole rings is 1. The summed E-state index contributed by atoms with van der Waals surface area (Å²) in [5, 5.41) is 7.98.